The summed E-state index contributed by atoms with van der Waals surface area (Å²) >= 11 is 0. The highest BCUT2D eigenvalue weighted by Gasteiger charge is 2.04. The van der Waals surface area contributed by atoms with Crippen LogP contribution < -0.4 is 18.9 Å². The van der Waals surface area contributed by atoms with Crippen LogP contribution >= 0.6 is 0 Å². The molecule has 0 N–H and O–H groups in total. The fraction of sp³-hybridized carbons (Fsp3) is 0.360. The van der Waals surface area contributed by atoms with Gasteiger partial charge >= 0.3 is 0 Å². The van der Waals surface area contributed by atoms with Gasteiger partial charge in [0.25, 0.3) is 0 Å². The second-order valence-electron chi connectivity index (χ2n) is 6.75. The van der Waals surface area contributed by atoms with Crippen molar-refractivity contribution in [3.05, 3.63) is 65.8 Å². The molecule has 0 atom stereocenters. The minimum absolute atomic E-state index is 0.153. The van der Waals surface area contributed by atoms with Gasteiger partial charge in [0.1, 0.15) is 23.0 Å². The zero-order valence-corrected chi connectivity index (χ0v) is 19.6. The molecular formula is C25H32O8. The molecule has 0 amide bonds. The van der Waals surface area contributed by atoms with Crippen molar-refractivity contribution in [2.45, 2.75) is 6.42 Å². The third-order valence-corrected chi connectivity index (χ3v) is 4.11. The first-order valence-electron chi connectivity index (χ1n) is 10.3. The van der Waals surface area contributed by atoms with E-state index in [2.05, 4.69) is 0 Å². The van der Waals surface area contributed by atoms with Crippen LogP contribution in [-0.2, 0) is 25.4 Å². The standard InChI is InChI=1S/C25H32O8/c1-26-16-30-22-10-20(11-23(14-22)31-17-27-2)8-6-5-7-9-21-12-24(32-18-28-3)15-25(13-21)33-19-29-4/h5-8,10-15H,9,16-19H2,1-4H3/b7-5+,8-6+. The Bertz CT molecular complexity index is 826. The molecule has 2 rings (SSSR count). The molecule has 0 radical (unpaired) electrons. The molecule has 8 nitrogen and oxygen atoms in total. The highest BCUT2D eigenvalue weighted by atomic mass is 16.7. The van der Waals surface area contributed by atoms with Crippen LogP contribution in [0.3, 0.4) is 0 Å². The lowest BCUT2D eigenvalue weighted by Crippen LogP contribution is -2.02. The maximum atomic E-state index is 5.56. The molecule has 8 heteroatoms. The number of benzene rings is 2. The van der Waals surface area contributed by atoms with Gasteiger partial charge in [-0.2, -0.15) is 0 Å². The summed E-state index contributed by atoms with van der Waals surface area (Å²) in [7, 11) is 6.30. The van der Waals surface area contributed by atoms with Gasteiger partial charge in [0.15, 0.2) is 27.2 Å². The molecule has 0 heterocycles. The number of allylic oxidation sites excluding steroid dienone is 3. The molecule has 180 valence electrons. The third kappa shape index (κ3) is 10.4. The van der Waals surface area contributed by atoms with Crippen LogP contribution in [0, 0.1) is 0 Å². The Balaban J connectivity index is 2.05. The van der Waals surface area contributed by atoms with Gasteiger partial charge in [-0.05, 0) is 41.8 Å². The molecule has 2 aromatic carbocycles. The van der Waals surface area contributed by atoms with E-state index >= 15 is 0 Å². The largest absolute Gasteiger partial charge is 0.467 e. The summed E-state index contributed by atoms with van der Waals surface area (Å²) in [6.07, 6.45) is 8.61. The molecule has 33 heavy (non-hydrogen) atoms. The van der Waals surface area contributed by atoms with Crippen molar-refractivity contribution in [1.82, 2.24) is 0 Å². The summed E-state index contributed by atoms with van der Waals surface area (Å²) in [6, 6.07) is 11.3. The summed E-state index contributed by atoms with van der Waals surface area (Å²) in [4.78, 5) is 0. The Morgan fingerprint density at radius 2 is 0.970 bits per heavy atom. The van der Waals surface area contributed by atoms with Crippen molar-refractivity contribution < 1.29 is 37.9 Å². The van der Waals surface area contributed by atoms with E-state index in [4.69, 9.17) is 37.9 Å². The van der Waals surface area contributed by atoms with Gasteiger partial charge in [-0.3, -0.25) is 0 Å². The molecule has 0 saturated heterocycles. The highest BCUT2D eigenvalue weighted by molar-refractivity contribution is 5.56. The van der Waals surface area contributed by atoms with E-state index in [1.54, 1.807) is 40.6 Å². The van der Waals surface area contributed by atoms with Gasteiger partial charge in [-0.15, -0.1) is 0 Å². The van der Waals surface area contributed by atoms with E-state index in [0.717, 1.165) is 11.1 Å². The number of hydrogen-bond acceptors (Lipinski definition) is 8. The first kappa shape index (κ1) is 26.2. The summed E-state index contributed by atoms with van der Waals surface area (Å²) in [5, 5.41) is 0. The van der Waals surface area contributed by atoms with Crippen molar-refractivity contribution in [1.29, 1.82) is 0 Å². The van der Waals surface area contributed by atoms with Crippen molar-refractivity contribution in [2.24, 2.45) is 0 Å². The molecule has 2 aromatic rings. The van der Waals surface area contributed by atoms with Crippen molar-refractivity contribution in [2.75, 3.05) is 55.6 Å². The SMILES string of the molecule is COCOc1cc(/C=C/C=C/Cc2cc(OCOC)cc(OCOC)c2)cc(OCOC)c1. The van der Waals surface area contributed by atoms with E-state index in [0.29, 0.717) is 29.4 Å². The highest BCUT2D eigenvalue weighted by Crippen LogP contribution is 2.25. The molecule has 0 aliphatic rings. The number of ether oxygens (including phenoxy) is 8. The number of hydrogen-bond donors (Lipinski definition) is 0. The fourth-order valence-electron chi connectivity index (χ4n) is 2.73. The Hall–Kier alpha value is -3.04. The van der Waals surface area contributed by atoms with Crippen molar-refractivity contribution >= 4 is 6.08 Å². The smallest absolute Gasteiger partial charge is 0.188 e. The van der Waals surface area contributed by atoms with Crippen LogP contribution in [0.2, 0.25) is 0 Å². The van der Waals surface area contributed by atoms with Gasteiger partial charge in [-0.25, -0.2) is 0 Å². The number of methoxy groups -OCH3 is 4. The average molecular weight is 461 g/mol. The second-order valence-corrected chi connectivity index (χ2v) is 6.75. The Morgan fingerprint density at radius 3 is 1.39 bits per heavy atom. The summed E-state index contributed by atoms with van der Waals surface area (Å²) in [5.74, 6) is 2.62. The first-order chi connectivity index (χ1) is 16.2. The van der Waals surface area contributed by atoms with Gasteiger partial charge in [0, 0.05) is 40.6 Å². The Labute approximate surface area is 195 Å². The summed E-state index contributed by atoms with van der Waals surface area (Å²) in [5.41, 5.74) is 1.95. The summed E-state index contributed by atoms with van der Waals surface area (Å²) in [6.45, 7) is 0.629. The quantitative estimate of drug-likeness (QED) is 0.269. The Kier molecular flexibility index (Phi) is 12.5. The van der Waals surface area contributed by atoms with Gasteiger partial charge in [0.2, 0.25) is 0 Å². The lowest BCUT2D eigenvalue weighted by atomic mass is 10.1. The minimum atomic E-state index is 0.153. The van der Waals surface area contributed by atoms with Crippen LogP contribution in [-0.4, -0.2) is 55.6 Å². The third-order valence-electron chi connectivity index (χ3n) is 4.11. The fourth-order valence-corrected chi connectivity index (χ4v) is 2.73. The van der Waals surface area contributed by atoms with Gasteiger partial charge < -0.3 is 37.9 Å². The van der Waals surface area contributed by atoms with E-state index in [9.17, 15) is 0 Å². The van der Waals surface area contributed by atoms with Crippen molar-refractivity contribution in [3.8, 4) is 23.0 Å². The molecule has 0 spiro atoms. The zero-order chi connectivity index (χ0) is 23.7. The van der Waals surface area contributed by atoms with Crippen molar-refractivity contribution in [3.63, 3.8) is 0 Å². The molecule has 0 aromatic heterocycles. The molecule has 0 aliphatic heterocycles. The Morgan fingerprint density at radius 1 is 0.545 bits per heavy atom. The van der Waals surface area contributed by atoms with Crippen LogP contribution in [0.5, 0.6) is 23.0 Å². The average Bonchev–Trinajstić information content (AvgIpc) is 2.83. The normalized spacial score (nSPS) is 11.3. The number of rotatable bonds is 16. The molecule has 0 aliphatic carbocycles. The van der Waals surface area contributed by atoms with Crippen LogP contribution in [0.15, 0.2) is 54.6 Å². The monoisotopic (exact) mass is 460 g/mol. The van der Waals surface area contributed by atoms with Gasteiger partial charge in [0.05, 0.1) is 0 Å². The molecular weight excluding hydrogens is 428 g/mol. The minimum Gasteiger partial charge on any atom is -0.467 e. The molecule has 0 fully saturated rings. The zero-order valence-electron chi connectivity index (χ0n) is 19.6. The molecule has 0 bridgehead atoms. The second kappa shape index (κ2) is 15.7. The predicted octanol–water partition coefficient (Wildman–Crippen LogP) is 4.43. The van der Waals surface area contributed by atoms with E-state index in [-0.39, 0.29) is 27.2 Å². The lowest BCUT2D eigenvalue weighted by Gasteiger charge is -2.11. The van der Waals surface area contributed by atoms with E-state index < -0.39 is 0 Å². The topological polar surface area (TPSA) is 73.8 Å². The van der Waals surface area contributed by atoms with E-state index in [1.165, 1.54) is 0 Å². The van der Waals surface area contributed by atoms with Gasteiger partial charge in [-0.1, -0.05) is 24.3 Å². The first-order valence-corrected chi connectivity index (χ1v) is 10.3. The maximum absolute atomic E-state index is 5.56. The summed E-state index contributed by atoms with van der Waals surface area (Å²) < 4.78 is 42.1. The molecule has 0 unspecified atom stereocenters. The van der Waals surface area contributed by atoms with E-state index in [1.807, 2.05) is 48.6 Å². The maximum Gasteiger partial charge on any atom is 0.188 e. The predicted molar refractivity (Wildman–Crippen MR) is 125 cm³/mol. The van der Waals surface area contributed by atoms with Crippen LogP contribution in [0.25, 0.3) is 6.08 Å². The van der Waals surface area contributed by atoms with Crippen LogP contribution in [0.1, 0.15) is 11.1 Å². The van der Waals surface area contributed by atoms with Crippen LogP contribution in [0.4, 0.5) is 0 Å². The molecule has 0 saturated carbocycles. The lowest BCUT2D eigenvalue weighted by molar-refractivity contribution is 0.0456.